The number of rotatable bonds is 8. The van der Waals surface area contributed by atoms with Crippen molar-refractivity contribution < 1.29 is 41.4 Å². The van der Waals surface area contributed by atoms with Gasteiger partial charge in [0, 0.05) is 5.56 Å². The number of hydrogen-bond donors (Lipinski definition) is 2. The normalized spacial score (nSPS) is 12.1. The predicted octanol–water partition coefficient (Wildman–Crippen LogP) is 3.43. The van der Waals surface area contributed by atoms with E-state index in [1.54, 1.807) is 0 Å². The molecule has 0 bridgehead atoms. The van der Waals surface area contributed by atoms with Crippen LogP contribution in [0.25, 0.3) is 11.3 Å². The van der Waals surface area contributed by atoms with E-state index in [2.05, 4.69) is 9.72 Å². The maximum atomic E-state index is 14.1. The quantitative estimate of drug-likeness (QED) is 0.535. The van der Waals surface area contributed by atoms with Gasteiger partial charge in [-0.3, -0.25) is 4.79 Å². The number of oxazole rings is 1. The van der Waals surface area contributed by atoms with Crippen molar-refractivity contribution in [1.82, 2.24) is 4.98 Å². The van der Waals surface area contributed by atoms with E-state index in [1.165, 1.54) is 30.5 Å². The lowest BCUT2D eigenvalue weighted by Gasteiger charge is -2.11. The molecule has 0 spiro atoms. The van der Waals surface area contributed by atoms with Gasteiger partial charge in [-0.15, -0.1) is 0 Å². The summed E-state index contributed by atoms with van der Waals surface area (Å²) in [6.45, 7) is -3.48. The number of benzene rings is 2. The van der Waals surface area contributed by atoms with E-state index in [0.717, 1.165) is 12.1 Å². The fraction of sp³-hybridized carbons (Fsp3) is 0.158. The van der Waals surface area contributed by atoms with Crippen molar-refractivity contribution in [3.05, 3.63) is 65.7 Å². The molecular weight excluding hydrogens is 412 g/mol. The van der Waals surface area contributed by atoms with Crippen LogP contribution >= 0.6 is 0 Å². The Morgan fingerprint density at radius 2 is 1.87 bits per heavy atom. The number of carbonyl (C=O) groups is 1. The van der Waals surface area contributed by atoms with Crippen LogP contribution in [0.3, 0.4) is 0 Å². The van der Waals surface area contributed by atoms with Crippen LogP contribution in [0.5, 0.6) is 11.5 Å². The van der Waals surface area contributed by atoms with Gasteiger partial charge in [0.2, 0.25) is 5.89 Å². The van der Waals surface area contributed by atoms with Crippen molar-refractivity contribution in [2.24, 2.45) is 5.73 Å². The Morgan fingerprint density at radius 3 is 2.50 bits per heavy atom. The lowest BCUT2D eigenvalue weighted by Crippen LogP contribution is -2.17. The molecule has 0 radical (unpaired) electrons. The van der Waals surface area contributed by atoms with Gasteiger partial charge in [0.15, 0.2) is 17.7 Å². The second kappa shape index (κ2) is 8.82. The van der Waals surface area contributed by atoms with Crippen molar-refractivity contribution in [2.75, 3.05) is 6.61 Å². The smallest absolute Gasteiger partial charge is 0.387 e. The monoisotopic (exact) mass is 426 g/mol. The number of aliphatic hydroxyl groups excluding tert-OH is 1. The first kappa shape index (κ1) is 21.1. The second-order valence-electron chi connectivity index (χ2n) is 5.90. The molecule has 158 valence electrons. The van der Waals surface area contributed by atoms with Gasteiger partial charge in [-0.25, -0.2) is 13.8 Å². The minimum Gasteiger partial charge on any atom is -0.487 e. The SMILES string of the molecule is NC(=O)c1c(F)ccc(OCC(O)c2nc(-c3ccc(OC(F)F)cc3)co2)c1F. The Balaban J connectivity index is 1.68. The number of nitrogens with two attached hydrogens (primary N) is 1. The van der Waals surface area contributed by atoms with Crippen LogP contribution < -0.4 is 15.2 Å². The highest BCUT2D eigenvalue weighted by atomic mass is 19.3. The standard InChI is InChI=1S/C19H14F4N2O5/c20-11-5-6-14(16(21)15(11)17(24)27)28-8-13(26)18-25-12(7-29-18)9-1-3-10(4-2-9)30-19(22)23/h1-7,13,19,26H,8H2,(H2,24,27). The van der Waals surface area contributed by atoms with E-state index < -0.39 is 48.2 Å². The molecule has 0 saturated carbocycles. The second-order valence-corrected chi connectivity index (χ2v) is 5.90. The van der Waals surface area contributed by atoms with E-state index in [-0.39, 0.29) is 17.3 Å². The number of amides is 1. The molecule has 0 aliphatic heterocycles. The van der Waals surface area contributed by atoms with Crippen LogP contribution in [0.4, 0.5) is 17.6 Å². The highest BCUT2D eigenvalue weighted by molar-refractivity contribution is 5.93. The van der Waals surface area contributed by atoms with Crippen LogP contribution in [-0.2, 0) is 0 Å². The van der Waals surface area contributed by atoms with Crippen molar-refractivity contribution in [1.29, 1.82) is 0 Å². The van der Waals surface area contributed by atoms with Crippen LogP contribution in [0, 0.1) is 11.6 Å². The van der Waals surface area contributed by atoms with Gasteiger partial charge >= 0.3 is 6.61 Å². The summed E-state index contributed by atoms with van der Waals surface area (Å²) in [4.78, 5) is 15.2. The summed E-state index contributed by atoms with van der Waals surface area (Å²) in [5, 5.41) is 10.1. The highest BCUT2D eigenvalue weighted by Crippen LogP contribution is 2.27. The van der Waals surface area contributed by atoms with Gasteiger partial charge in [-0.2, -0.15) is 8.78 Å². The number of alkyl halides is 2. The molecule has 3 N–H and O–H groups in total. The first-order valence-corrected chi connectivity index (χ1v) is 8.35. The van der Waals surface area contributed by atoms with E-state index >= 15 is 0 Å². The molecule has 1 amide bonds. The molecular formula is C19H14F4N2O5. The van der Waals surface area contributed by atoms with Gasteiger partial charge < -0.3 is 24.7 Å². The number of hydrogen-bond acceptors (Lipinski definition) is 6. The summed E-state index contributed by atoms with van der Waals surface area (Å²) in [5.74, 6) is -4.45. The molecule has 0 aliphatic carbocycles. The molecule has 3 rings (SSSR count). The fourth-order valence-electron chi connectivity index (χ4n) is 2.49. The zero-order valence-corrected chi connectivity index (χ0v) is 15.0. The number of primary amides is 1. The summed E-state index contributed by atoms with van der Waals surface area (Å²) in [6, 6.07) is 7.28. The molecule has 0 fully saturated rings. The summed E-state index contributed by atoms with van der Waals surface area (Å²) in [6.07, 6.45) is -0.216. The molecule has 30 heavy (non-hydrogen) atoms. The number of aromatic nitrogens is 1. The van der Waals surface area contributed by atoms with E-state index in [9.17, 15) is 27.5 Å². The molecule has 7 nitrogen and oxygen atoms in total. The van der Waals surface area contributed by atoms with Gasteiger partial charge in [0.25, 0.3) is 5.91 Å². The number of nitrogens with zero attached hydrogens (tertiary/aromatic N) is 1. The van der Waals surface area contributed by atoms with Crippen molar-refractivity contribution >= 4 is 5.91 Å². The van der Waals surface area contributed by atoms with Crippen LogP contribution in [0.15, 0.2) is 47.1 Å². The molecule has 1 aromatic heterocycles. The zero-order chi connectivity index (χ0) is 21.8. The maximum absolute atomic E-state index is 14.1. The van der Waals surface area contributed by atoms with Gasteiger partial charge in [0.05, 0.1) is 0 Å². The predicted molar refractivity (Wildman–Crippen MR) is 93.9 cm³/mol. The Bertz CT molecular complexity index is 1040. The summed E-state index contributed by atoms with van der Waals surface area (Å²) < 4.78 is 66.5. The van der Waals surface area contributed by atoms with Crippen LogP contribution in [0.1, 0.15) is 22.4 Å². The van der Waals surface area contributed by atoms with Crippen molar-refractivity contribution in [3.8, 4) is 22.8 Å². The number of ether oxygens (including phenoxy) is 2. The molecule has 1 atom stereocenters. The Morgan fingerprint density at radius 1 is 1.17 bits per heavy atom. The van der Waals surface area contributed by atoms with Crippen LogP contribution in [-0.4, -0.2) is 29.2 Å². The Labute approximate surface area is 166 Å². The minimum absolute atomic E-state index is 0.0393. The van der Waals surface area contributed by atoms with Gasteiger partial charge in [0.1, 0.15) is 35.7 Å². The lowest BCUT2D eigenvalue weighted by molar-refractivity contribution is -0.0498. The molecule has 1 heterocycles. The average Bonchev–Trinajstić information content (AvgIpc) is 3.17. The summed E-state index contributed by atoms with van der Waals surface area (Å²) in [7, 11) is 0. The highest BCUT2D eigenvalue weighted by Gasteiger charge is 2.21. The van der Waals surface area contributed by atoms with Crippen molar-refractivity contribution in [2.45, 2.75) is 12.7 Å². The number of carbonyl (C=O) groups excluding carboxylic acids is 1. The Hall–Kier alpha value is -3.60. The third kappa shape index (κ3) is 4.69. The summed E-state index contributed by atoms with van der Waals surface area (Å²) >= 11 is 0. The molecule has 1 unspecified atom stereocenters. The largest absolute Gasteiger partial charge is 0.487 e. The first-order chi connectivity index (χ1) is 14.3. The van der Waals surface area contributed by atoms with Crippen LogP contribution in [0.2, 0.25) is 0 Å². The first-order valence-electron chi connectivity index (χ1n) is 8.35. The third-order valence-corrected chi connectivity index (χ3v) is 3.88. The van der Waals surface area contributed by atoms with Gasteiger partial charge in [-0.1, -0.05) is 0 Å². The number of aliphatic hydroxyl groups is 1. The Kier molecular flexibility index (Phi) is 6.21. The topological polar surface area (TPSA) is 108 Å². The summed E-state index contributed by atoms with van der Waals surface area (Å²) in [5.41, 5.74) is 4.75. The van der Waals surface area contributed by atoms with Gasteiger partial charge in [-0.05, 0) is 36.4 Å². The molecule has 3 aromatic rings. The maximum Gasteiger partial charge on any atom is 0.387 e. The molecule has 0 saturated heterocycles. The minimum atomic E-state index is -2.95. The van der Waals surface area contributed by atoms with E-state index in [4.69, 9.17) is 14.9 Å². The van der Waals surface area contributed by atoms with E-state index in [0.29, 0.717) is 5.56 Å². The third-order valence-electron chi connectivity index (χ3n) is 3.88. The average molecular weight is 426 g/mol. The zero-order valence-electron chi connectivity index (χ0n) is 15.0. The van der Waals surface area contributed by atoms with Crippen molar-refractivity contribution in [3.63, 3.8) is 0 Å². The lowest BCUT2D eigenvalue weighted by atomic mass is 10.1. The fourth-order valence-corrected chi connectivity index (χ4v) is 2.49. The molecule has 11 heteroatoms. The molecule has 0 aliphatic rings. The van der Waals surface area contributed by atoms with E-state index in [1.807, 2.05) is 0 Å². The number of halogens is 4. The molecule has 2 aromatic carbocycles.